The third-order valence-electron chi connectivity index (χ3n) is 4.33. The van der Waals surface area contributed by atoms with E-state index < -0.39 is 0 Å². The van der Waals surface area contributed by atoms with Gasteiger partial charge in [-0.2, -0.15) is 0 Å². The van der Waals surface area contributed by atoms with Gasteiger partial charge in [0, 0.05) is 16.1 Å². The average Bonchev–Trinajstić information content (AvgIpc) is 2.87. The van der Waals surface area contributed by atoms with Crippen molar-refractivity contribution >= 4 is 27.5 Å². The second-order valence-corrected chi connectivity index (χ2v) is 6.67. The minimum atomic E-state index is 0.0363. The number of amides is 1. The molecule has 0 heterocycles. The van der Waals surface area contributed by atoms with Gasteiger partial charge in [-0.05, 0) is 67.1 Å². The Kier molecular flexibility index (Phi) is 3.85. The fraction of sp³-hybridized carbons (Fsp3) is 0.278. The fourth-order valence-electron chi connectivity index (χ4n) is 2.89. The lowest BCUT2D eigenvalue weighted by molar-refractivity contribution is -0.119. The molecule has 1 unspecified atom stereocenters. The molecular formula is C18H18BrNO. The molecule has 3 heteroatoms. The number of fused-ring (bicyclic) bond motifs is 1. The Morgan fingerprint density at radius 1 is 1.14 bits per heavy atom. The summed E-state index contributed by atoms with van der Waals surface area (Å²) < 4.78 is 1.08. The second kappa shape index (κ2) is 5.64. The highest BCUT2D eigenvalue weighted by molar-refractivity contribution is 9.10. The molecule has 0 radical (unpaired) electrons. The van der Waals surface area contributed by atoms with Gasteiger partial charge >= 0.3 is 0 Å². The molecule has 0 fully saturated rings. The topological polar surface area (TPSA) is 29.1 Å². The van der Waals surface area contributed by atoms with Crippen LogP contribution in [0.1, 0.15) is 22.3 Å². The largest absolute Gasteiger partial charge is 0.326 e. The standard InChI is InChI=1S/C18H18BrNO/c1-11-4-3-5-17(12(11)2)20-18(21)15-8-13-6-7-16(19)10-14(13)9-15/h3-7,10,15H,8-9H2,1-2H3,(H,20,21). The summed E-state index contributed by atoms with van der Waals surface area (Å²) in [7, 11) is 0. The van der Waals surface area contributed by atoms with Crippen molar-refractivity contribution in [3.8, 4) is 0 Å². The summed E-state index contributed by atoms with van der Waals surface area (Å²) in [5.74, 6) is 0.158. The lowest BCUT2D eigenvalue weighted by atomic mass is 10.0. The van der Waals surface area contributed by atoms with Gasteiger partial charge in [0.25, 0.3) is 0 Å². The molecule has 1 aliphatic carbocycles. The quantitative estimate of drug-likeness (QED) is 0.859. The van der Waals surface area contributed by atoms with E-state index in [1.807, 2.05) is 25.1 Å². The third kappa shape index (κ3) is 2.88. The molecule has 1 amide bonds. The van der Waals surface area contributed by atoms with Crippen LogP contribution in [-0.2, 0) is 17.6 Å². The van der Waals surface area contributed by atoms with Gasteiger partial charge in [-0.3, -0.25) is 4.79 Å². The van der Waals surface area contributed by atoms with Gasteiger partial charge in [0.15, 0.2) is 0 Å². The van der Waals surface area contributed by atoms with Crippen LogP contribution >= 0.6 is 15.9 Å². The van der Waals surface area contributed by atoms with Crippen LogP contribution in [-0.4, -0.2) is 5.91 Å². The Balaban J connectivity index is 1.75. The summed E-state index contributed by atoms with van der Waals surface area (Å²) in [6, 6.07) is 12.3. The van der Waals surface area contributed by atoms with Crippen LogP contribution in [0.5, 0.6) is 0 Å². The van der Waals surface area contributed by atoms with Crippen LogP contribution in [0.2, 0.25) is 0 Å². The molecule has 2 nitrogen and oxygen atoms in total. The molecule has 108 valence electrons. The van der Waals surface area contributed by atoms with E-state index in [0.717, 1.165) is 28.6 Å². The first-order valence-electron chi connectivity index (χ1n) is 7.19. The molecule has 1 N–H and O–H groups in total. The molecule has 0 spiro atoms. The summed E-state index contributed by atoms with van der Waals surface area (Å²) in [5, 5.41) is 3.09. The molecule has 2 aromatic carbocycles. The van der Waals surface area contributed by atoms with Crippen molar-refractivity contribution in [2.75, 3.05) is 5.32 Å². The number of rotatable bonds is 2. The Labute approximate surface area is 133 Å². The second-order valence-electron chi connectivity index (χ2n) is 5.75. The average molecular weight is 344 g/mol. The zero-order valence-corrected chi connectivity index (χ0v) is 13.8. The van der Waals surface area contributed by atoms with E-state index in [9.17, 15) is 4.79 Å². The van der Waals surface area contributed by atoms with Gasteiger partial charge in [0.2, 0.25) is 5.91 Å². The van der Waals surface area contributed by atoms with Crippen molar-refractivity contribution in [2.45, 2.75) is 26.7 Å². The Bertz CT molecular complexity index is 708. The van der Waals surface area contributed by atoms with Gasteiger partial charge < -0.3 is 5.32 Å². The minimum absolute atomic E-state index is 0.0363. The number of halogens is 1. The highest BCUT2D eigenvalue weighted by Crippen LogP contribution is 2.30. The lowest BCUT2D eigenvalue weighted by Crippen LogP contribution is -2.23. The first-order chi connectivity index (χ1) is 10.0. The molecule has 3 rings (SSSR count). The number of benzene rings is 2. The van der Waals surface area contributed by atoms with E-state index in [1.54, 1.807) is 0 Å². The summed E-state index contributed by atoms with van der Waals surface area (Å²) in [5.41, 5.74) is 5.84. The van der Waals surface area contributed by atoms with Crippen LogP contribution in [0.25, 0.3) is 0 Å². The molecule has 0 saturated heterocycles. The molecule has 0 saturated carbocycles. The molecule has 0 aromatic heterocycles. The summed E-state index contributed by atoms with van der Waals surface area (Å²) in [6.07, 6.45) is 1.66. The maximum absolute atomic E-state index is 12.5. The van der Waals surface area contributed by atoms with Gasteiger partial charge in [0.1, 0.15) is 0 Å². The maximum atomic E-state index is 12.5. The molecule has 21 heavy (non-hydrogen) atoms. The van der Waals surface area contributed by atoms with Crippen molar-refractivity contribution < 1.29 is 4.79 Å². The van der Waals surface area contributed by atoms with E-state index in [2.05, 4.69) is 46.4 Å². The number of hydrogen-bond acceptors (Lipinski definition) is 1. The van der Waals surface area contributed by atoms with Crippen LogP contribution in [0, 0.1) is 19.8 Å². The van der Waals surface area contributed by atoms with Crippen LogP contribution in [0.3, 0.4) is 0 Å². The number of anilines is 1. The molecular weight excluding hydrogens is 326 g/mol. The monoisotopic (exact) mass is 343 g/mol. The highest BCUT2D eigenvalue weighted by atomic mass is 79.9. The Morgan fingerprint density at radius 2 is 1.90 bits per heavy atom. The SMILES string of the molecule is Cc1cccc(NC(=O)C2Cc3ccc(Br)cc3C2)c1C. The van der Waals surface area contributed by atoms with Gasteiger partial charge in [-0.15, -0.1) is 0 Å². The third-order valence-corrected chi connectivity index (χ3v) is 4.83. The van der Waals surface area contributed by atoms with Crippen molar-refractivity contribution in [3.63, 3.8) is 0 Å². The van der Waals surface area contributed by atoms with E-state index in [0.29, 0.717) is 0 Å². The Hall–Kier alpha value is -1.61. The highest BCUT2D eigenvalue weighted by Gasteiger charge is 2.27. The Morgan fingerprint density at radius 3 is 2.71 bits per heavy atom. The normalized spacial score (nSPS) is 16.6. The van der Waals surface area contributed by atoms with E-state index in [-0.39, 0.29) is 11.8 Å². The van der Waals surface area contributed by atoms with Crippen LogP contribution in [0.15, 0.2) is 40.9 Å². The summed E-state index contributed by atoms with van der Waals surface area (Å²) in [6.45, 7) is 4.11. The van der Waals surface area contributed by atoms with Crippen molar-refractivity contribution in [2.24, 2.45) is 5.92 Å². The molecule has 1 aliphatic rings. The van der Waals surface area contributed by atoms with Crippen LogP contribution in [0.4, 0.5) is 5.69 Å². The van der Waals surface area contributed by atoms with E-state index in [4.69, 9.17) is 0 Å². The predicted octanol–water partition coefficient (Wildman–Crippen LogP) is 4.42. The fourth-order valence-corrected chi connectivity index (χ4v) is 3.30. The number of aryl methyl sites for hydroxylation is 1. The number of carbonyl (C=O) groups excluding carboxylic acids is 1. The molecule has 1 atom stereocenters. The molecule has 2 aromatic rings. The number of nitrogens with one attached hydrogen (secondary N) is 1. The maximum Gasteiger partial charge on any atom is 0.228 e. The minimum Gasteiger partial charge on any atom is -0.326 e. The predicted molar refractivity (Wildman–Crippen MR) is 89.6 cm³/mol. The van der Waals surface area contributed by atoms with Crippen molar-refractivity contribution in [1.82, 2.24) is 0 Å². The summed E-state index contributed by atoms with van der Waals surface area (Å²) >= 11 is 3.49. The molecule has 0 aliphatic heterocycles. The number of carbonyl (C=O) groups is 1. The van der Waals surface area contributed by atoms with Crippen molar-refractivity contribution in [1.29, 1.82) is 0 Å². The number of hydrogen-bond donors (Lipinski definition) is 1. The lowest BCUT2D eigenvalue weighted by Gasteiger charge is -2.13. The molecule has 0 bridgehead atoms. The first-order valence-corrected chi connectivity index (χ1v) is 7.98. The summed E-state index contributed by atoms with van der Waals surface area (Å²) in [4.78, 5) is 12.5. The van der Waals surface area contributed by atoms with Gasteiger partial charge in [0.05, 0.1) is 0 Å². The van der Waals surface area contributed by atoms with Crippen molar-refractivity contribution in [3.05, 3.63) is 63.1 Å². The first kappa shape index (κ1) is 14.3. The van der Waals surface area contributed by atoms with E-state index >= 15 is 0 Å². The van der Waals surface area contributed by atoms with Gasteiger partial charge in [-0.25, -0.2) is 0 Å². The van der Waals surface area contributed by atoms with E-state index in [1.165, 1.54) is 16.7 Å². The smallest absolute Gasteiger partial charge is 0.228 e. The zero-order chi connectivity index (χ0) is 15.0. The zero-order valence-electron chi connectivity index (χ0n) is 12.2. The van der Waals surface area contributed by atoms with Gasteiger partial charge in [-0.1, -0.05) is 34.1 Å². The van der Waals surface area contributed by atoms with Crippen LogP contribution < -0.4 is 5.32 Å².